The van der Waals surface area contributed by atoms with Crippen LogP contribution in [0.25, 0.3) is 0 Å². The summed E-state index contributed by atoms with van der Waals surface area (Å²) in [6, 6.07) is 0. The molecule has 0 heterocycles. The van der Waals surface area contributed by atoms with Gasteiger partial charge in [0.25, 0.3) is 0 Å². The zero-order valence-corrected chi connectivity index (χ0v) is 14.0. The van der Waals surface area contributed by atoms with Crippen molar-refractivity contribution in [3.8, 4) is 0 Å². The van der Waals surface area contributed by atoms with E-state index in [9.17, 15) is 5.11 Å². The second-order valence-corrected chi connectivity index (χ2v) is 8.98. The van der Waals surface area contributed by atoms with Gasteiger partial charge in [-0.3, -0.25) is 0 Å². The molecule has 0 aliphatic heterocycles. The third kappa shape index (κ3) is 2.16. The molecule has 0 amide bonds. The van der Waals surface area contributed by atoms with E-state index in [0.717, 1.165) is 36.5 Å². The first-order chi connectivity index (χ1) is 9.37. The highest BCUT2D eigenvalue weighted by Gasteiger charge is 2.54. The number of hydrogen-bond acceptors (Lipinski definition) is 1. The molecule has 1 N–H and O–H groups in total. The first-order valence-corrected chi connectivity index (χ1v) is 9.05. The van der Waals surface area contributed by atoms with Gasteiger partial charge in [0, 0.05) is 0 Å². The summed E-state index contributed by atoms with van der Waals surface area (Å²) in [5.74, 6) is 3.68. The van der Waals surface area contributed by atoms with E-state index in [4.69, 9.17) is 0 Å². The van der Waals surface area contributed by atoms with Crippen molar-refractivity contribution in [2.75, 3.05) is 0 Å². The van der Waals surface area contributed by atoms with Crippen LogP contribution in [-0.2, 0) is 0 Å². The van der Waals surface area contributed by atoms with E-state index >= 15 is 0 Å². The van der Waals surface area contributed by atoms with Crippen LogP contribution in [0, 0.1) is 34.5 Å². The summed E-state index contributed by atoms with van der Waals surface area (Å²) in [7, 11) is 0. The van der Waals surface area contributed by atoms with Crippen LogP contribution < -0.4 is 0 Å². The molecule has 0 bridgehead atoms. The lowest BCUT2D eigenvalue weighted by Gasteiger charge is -2.54. The molecule has 3 saturated carbocycles. The van der Waals surface area contributed by atoms with E-state index in [0.29, 0.717) is 10.8 Å². The number of aliphatic hydroxyl groups excluding tert-OH is 1. The topological polar surface area (TPSA) is 20.2 Å². The highest BCUT2D eigenvalue weighted by atomic mass is 16.3. The Morgan fingerprint density at radius 2 is 1.45 bits per heavy atom. The molecular formula is C19H34O. The lowest BCUT2D eigenvalue weighted by Crippen LogP contribution is -2.46. The summed E-state index contributed by atoms with van der Waals surface area (Å²) in [4.78, 5) is 0. The minimum Gasteiger partial charge on any atom is -0.393 e. The Bertz CT molecular complexity index is 355. The van der Waals surface area contributed by atoms with E-state index in [1.165, 1.54) is 38.5 Å². The normalized spacial score (nSPS) is 56.5. The molecule has 5 unspecified atom stereocenters. The molecule has 0 aromatic carbocycles. The molecule has 0 aromatic heterocycles. The molecule has 3 aliphatic rings. The van der Waals surface area contributed by atoms with Crippen molar-refractivity contribution in [2.45, 2.75) is 85.2 Å². The summed E-state index contributed by atoms with van der Waals surface area (Å²) in [6.45, 7) is 10.2. The van der Waals surface area contributed by atoms with Crippen molar-refractivity contribution in [3.63, 3.8) is 0 Å². The third-order valence-corrected chi connectivity index (χ3v) is 8.14. The third-order valence-electron chi connectivity index (χ3n) is 8.14. The maximum Gasteiger partial charge on any atom is 0.0540 e. The fourth-order valence-electron chi connectivity index (χ4n) is 6.38. The molecule has 1 nitrogen and oxygen atoms in total. The second kappa shape index (κ2) is 5.00. The summed E-state index contributed by atoms with van der Waals surface area (Å²) in [5, 5.41) is 9.83. The van der Waals surface area contributed by atoms with E-state index in [1.807, 2.05) is 0 Å². The largest absolute Gasteiger partial charge is 0.393 e. The van der Waals surface area contributed by atoms with Gasteiger partial charge in [0.2, 0.25) is 0 Å². The highest BCUT2D eigenvalue weighted by molar-refractivity contribution is 5.03. The first-order valence-electron chi connectivity index (χ1n) is 9.05. The smallest absolute Gasteiger partial charge is 0.0540 e. The lowest BCUT2D eigenvalue weighted by molar-refractivity contribution is -0.0560. The van der Waals surface area contributed by atoms with Gasteiger partial charge >= 0.3 is 0 Å². The van der Waals surface area contributed by atoms with Crippen LogP contribution in [0.4, 0.5) is 0 Å². The Balaban J connectivity index is 1.77. The summed E-state index contributed by atoms with van der Waals surface area (Å²) < 4.78 is 0. The average molecular weight is 278 g/mol. The molecule has 3 fully saturated rings. The van der Waals surface area contributed by atoms with Gasteiger partial charge in [-0.2, -0.15) is 0 Å². The maximum atomic E-state index is 9.83. The zero-order chi connectivity index (χ0) is 14.5. The van der Waals surface area contributed by atoms with Crippen LogP contribution in [0.5, 0.6) is 0 Å². The molecule has 0 aromatic rings. The van der Waals surface area contributed by atoms with Crippen molar-refractivity contribution in [1.29, 1.82) is 0 Å². The Kier molecular flexibility index (Phi) is 3.72. The Morgan fingerprint density at radius 1 is 0.800 bits per heavy atom. The molecule has 3 rings (SSSR count). The predicted octanol–water partition coefficient (Wildman–Crippen LogP) is 5.03. The molecule has 0 radical (unpaired) electrons. The summed E-state index contributed by atoms with van der Waals surface area (Å²) >= 11 is 0. The standard InChI is InChI=1S/C19H34O/c1-13-5-6-17-14(2)16(9-12-19(13,17)4)18(3)10-7-15(20)8-11-18/h13-17,20H,5-12H2,1-4H3. The summed E-state index contributed by atoms with van der Waals surface area (Å²) in [6.07, 6.45) is 10.4. The number of fused-ring (bicyclic) bond motifs is 1. The monoisotopic (exact) mass is 278 g/mol. The van der Waals surface area contributed by atoms with Gasteiger partial charge < -0.3 is 5.11 Å². The predicted molar refractivity (Wildman–Crippen MR) is 84.5 cm³/mol. The molecule has 5 atom stereocenters. The van der Waals surface area contributed by atoms with Gasteiger partial charge in [-0.05, 0) is 85.9 Å². The SMILES string of the molecule is CC1C(C2(C)CCC(O)CC2)CCC2(C)C(C)CCC12. The molecule has 1 heteroatoms. The first kappa shape index (κ1) is 14.9. The van der Waals surface area contributed by atoms with E-state index in [2.05, 4.69) is 27.7 Å². The van der Waals surface area contributed by atoms with Crippen LogP contribution >= 0.6 is 0 Å². The van der Waals surface area contributed by atoms with E-state index < -0.39 is 0 Å². The molecule has 20 heavy (non-hydrogen) atoms. The zero-order valence-electron chi connectivity index (χ0n) is 14.0. The minimum atomic E-state index is -0.0151. The Morgan fingerprint density at radius 3 is 2.10 bits per heavy atom. The second-order valence-electron chi connectivity index (χ2n) is 8.98. The van der Waals surface area contributed by atoms with Gasteiger partial charge in [-0.1, -0.05) is 27.7 Å². The number of aliphatic hydroxyl groups is 1. The van der Waals surface area contributed by atoms with Crippen molar-refractivity contribution in [2.24, 2.45) is 34.5 Å². The molecule has 3 aliphatic carbocycles. The van der Waals surface area contributed by atoms with Crippen molar-refractivity contribution < 1.29 is 5.11 Å². The molecular weight excluding hydrogens is 244 g/mol. The molecule has 116 valence electrons. The van der Waals surface area contributed by atoms with E-state index in [-0.39, 0.29) is 6.10 Å². The van der Waals surface area contributed by atoms with Crippen LogP contribution in [-0.4, -0.2) is 11.2 Å². The van der Waals surface area contributed by atoms with Crippen LogP contribution in [0.1, 0.15) is 79.1 Å². The molecule has 0 saturated heterocycles. The summed E-state index contributed by atoms with van der Waals surface area (Å²) in [5.41, 5.74) is 1.13. The Labute approximate surface area is 125 Å². The quantitative estimate of drug-likeness (QED) is 0.713. The lowest BCUT2D eigenvalue weighted by atomic mass is 9.51. The number of hydrogen-bond donors (Lipinski definition) is 1. The Hall–Kier alpha value is -0.0400. The minimum absolute atomic E-state index is 0.0151. The van der Waals surface area contributed by atoms with Crippen molar-refractivity contribution in [1.82, 2.24) is 0 Å². The van der Waals surface area contributed by atoms with Crippen LogP contribution in [0.3, 0.4) is 0 Å². The van der Waals surface area contributed by atoms with Gasteiger partial charge in [-0.25, -0.2) is 0 Å². The van der Waals surface area contributed by atoms with Gasteiger partial charge in [-0.15, -0.1) is 0 Å². The van der Waals surface area contributed by atoms with Crippen LogP contribution in [0.15, 0.2) is 0 Å². The van der Waals surface area contributed by atoms with Gasteiger partial charge in [0.1, 0.15) is 0 Å². The van der Waals surface area contributed by atoms with Crippen molar-refractivity contribution >= 4 is 0 Å². The van der Waals surface area contributed by atoms with E-state index in [1.54, 1.807) is 0 Å². The van der Waals surface area contributed by atoms with Crippen LogP contribution in [0.2, 0.25) is 0 Å². The molecule has 0 spiro atoms. The van der Waals surface area contributed by atoms with Gasteiger partial charge in [0.15, 0.2) is 0 Å². The number of rotatable bonds is 1. The fourth-order valence-corrected chi connectivity index (χ4v) is 6.38. The fraction of sp³-hybridized carbons (Fsp3) is 1.00. The average Bonchev–Trinajstić information content (AvgIpc) is 2.71. The maximum absolute atomic E-state index is 9.83. The van der Waals surface area contributed by atoms with Crippen molar-refractivity contribution in [3.05, 3.63) is 0 Å². The highest BCUT2D eigenvalue weighted by Crippen LogP contribution is 2.62. The van der Waals surface area contributed by atoms with Gasteiger partial charge in [0.05, 0.1) is 6.10 Å².